The van der Waals surface area contributed by atoms with E-state index in [0.717, 1.165) is 16.8 Å². The quantitative estimate of drug-likeness (QED) is 0.783. The van der Waals surface area contributed by atoms with Crippen LogP contribution in [0, 0.1) is 13.8 Å². The summed E-state index contributed by atoms with van der Waals surface area (Å²) in [7, 11) is 0. The summed E-state index contributed by atoms with van der Waals surface area (Å²) in [6, 6.07) is 5.41. The normalized spacial score (nSPS) is 11.5. The van der Waals surface area contributed by atoms with Gasteiger partial charge in [-0.3, -0.25) is 4.79 Å². The number of rotatable bonds is 2. The van der Waals surface area contributed by atoms with E-state index in [2.05, 4.69) is 5.32 Å². The zero-order chi connectivity index (χ0) is 10.7. The minimum Gasteiger partial charge on any atom is -0.324 e. The van der Waals surface area contributed by atoms with E-state index < -0.39 is 6.04 Å². The molecule has 84 valence electrons. The van der Waals surface area contributed by atoms with Gasteiger partial charge in [-0.1, -0.05) is 25.6 Å². The first kappa shape index (κ1) is 13.7. The molecule has 1 atom stereocenters. The average Bonchev–Trinajstić information content (AvgIpc) is 2.11. The first-order valence-electron chi connectivity index (χ1n) is 4.65. The maximum Gasteiger partial charge on any atom is 0.241 e. The second kappa shape index (κ2) is 5.51. The Morgan fingerprint density at radius 3 is 2.20 bits per heavy atom. The number of benzene rings is 1. The van der Waals surface area contributed by atoms with E-state index in [1.165, 1.54) is 0 Å². The molecule has 0 heterocycles. The highest BCUT2D eigenvalue weighted by atomic mass is 16.2. The highest BCUT2D eigenvalue weighted by molar-refractivity contribution is 5.95. The number of carbonyl (C=O) groups is 1. The van der Waals surface area contributed by atoms with E-state index in [9.17, 15) is 4.79 Å². The van der Waals surface area contributed by atoms with Crippen molar-refractivity contribution < 1.29 is 4.79 Å². The van der Waals surface area contributed by atoms with Crippen molar-refractivity contribution >= 4 is 11.6 Å². The lowest BCUT2D eigenvalue weighted by atomic mass is 10.1. The van der Waals surface area contributed by atoms with Gasteiger partial charge in [0.1, 0.15) is 0 Å². The predicted molar refractivity (Wildman–Crippen MR) is 64.9 cm³/mol. The number of nitrogens with two attached hydrogens (primary N) is 1. The van der Waals surface area contributed by atoms with Crippen molar-refractivity contribution in [1.29, 1.82) is 0 Å². The van der Waals surface area contributed by atoms with Crippen LogP contribution in [-0.2, 0) is 4.79 Å². The fourth-order valence-corrected chi connectivity index (χ4v) is 1.25. The second-order valence-corrected chi connectivity index (χ2v) is 3.54. The average molecular weight is 208 g/mol. The molecule has 0 saturated carbocycles. The van der Waals surface area contributed by atoms with Crippen LogP contribution in [-0.4, -0.2) is 11.9 Å². The number of carbonyl (C=O) groups excluding carboxylic acids is 1. The Bertz CT molecular complexity index is 325. The number of anilines is 1. The van der Waals surface area contributed by atoms with Gasteiger partial charge in [0, 0.05) is 5.69 Å². The van der Waals surface area contributed by atoms with Crippen LogP contribution in [0.2, 0.25) is 0 Å². The summed E-state index contributed by atoms with van der Waals surface area (Å²) in [6.45, 7) is 5.59. The number of para-hydroxylation sites is 1. The summed E-state index contributed by atoms with van der Waals surface area (Å²) in [5.41, 5.74) is 8.45. The van der Waals surface area contributed by atoms with Crippen molar-refractivity contribution in [3.63, 3.8) is 0 Å². The highest BCUT2D eigenvalue weighted by Gasteiger charge is 2.10. The van der Waals surface area contributed by atoms with E-state index in [0.29, 0.717) is 0 Å². The summed E-state index contributed by atoms with van der Waals surface area (Å²) < 4.78 is 0. The van der Waals surface area contributed by atoms with E-state index in [1.54, 1.807) is 6.92 Å². The summed E-state index contributed by atoms with van der Waals surface area (Å²) in [5, 5.41) is 2.81. The van der Waals surface area contributed by atoms with Gasteiger partial charge in [-0.05, 0) is 31.9 Å². The van der Waals surface area contributed by atoms with Crippen molar-refractivity contribution in [3.05, 3.63) is 29.3 Å². The van der Waals surface area contributed by atoms with E-state index in [1.807, 2.05) is 32.0 Å². The van der Waals surface area contributed by atoms with Crippen LogP contribution in [0.4, 0.5) is 5.69 Å². The zero-order valence-corrected chi connectivity index (χ0v) is 8.79. The Kier molecular flexibility index (Phi) is 5.02. The summed E-state index contributed by atoms with van der Waals surface area (Å²) in [6.07, 6.45) is 0. The molecule has 1 unspecified atom stereocenters. The molecule has 15 heavy (non-hydrogen) atoms. The number of aryl methyl sites for hydroxylation is 2. The summed E-state index contributed by atoms with van der Waals surface area (Å²) in [5.74, 6) is -0.151. The topological polar surface area (TPSA) is 55.1 Å². The molecular formula is C12H20N2O. The van der Waals surface area contributed by atoms with Crippen LogP contribution < -0.4 is 11.1 Å². The highest BCUT2D eigenvalue weighted by Crippen LogP contribution is 2.19. The van der Waals surface area contributed by atoms with Crippen LogP contribution in [0.5, 0.6) is 0 Å². The minimum atomic E-state index is -0.478. The fourth-order valence-electron chi connectivity index (χ4n) is 1.25. The third-order valence-electron chi connectivity index (χ3n) is 2.14. The Morgan fingerprint density at radius 2 is 1.80 bits per heavy atom. The molecule has 0 spiro atoms. The lowest BCUT2D eigenvalue weighted by Crippen LogP contribution is -2.32. The van der Waals surface area contributed by atoms with Crippen molar-refractivity contribution in [1.82, 2.24) is 0 Å². The Hall–Kier alpha value is -1.35. The van der Waals surface area contributed by atoms with Gasteiger partial charge >= 0.3 is 0 Å². The lowest BCUT2D eigenvalue weighted by molar-refractivity contribution is -0.117. The third kappa shape index (κ3) is 3.36. The number of hydrogen-bond donors (Lipinski definition) is 2. The summed E-state index contributed by atoms with van der Waals surface area (Å²) >= 11 is 0. The standard InChI is InChI=1S/C11H16N2O.CH4/c1-7-5-4-6-8(2)10(7)13-11(14)9(3)12;/h4-6,9H,12H2,1-3H3,(H,13,14);1H4. The van der Waals surface area contributed by atoms with Gasteiger partial charge in [0.05, 0.1) is 6.04 Å². The maximum absolute atomic E-state index is 11.4. The van der Waals surface area contributed by atoms with Gasteiger partial charge in [-0.15, -0.1) is 0 Å². The molecule has 1 aromatic carbocycles. The van der Waals surface area contributed by atoms with E-state index >= 15 is 0 Å². The first-order valence-corrected chi connectivity index (χ1v) is 4.65. The smallest absolute Gasteiger partial charge is 0.241 e. The van der Waals surface area contributed by atoms with Gasteiger partial charge in [0.15, 0.2) is 0 Å². The minimum absolute atomic E-state index is 0. The molecule has 0 aliphatic heterocycles. The number of amides is 1. The van der Waals surface area contributed by atoms with Gasteiger partial charge in [-0.2, -0.15) is 0 Å². The van der Waals surface area contributed by atoms with Crippen LogP contribution in [0.15, 0.2) is 18.2 Å². The van der Waals surface area contributed by atoms with Crippen molar-refractivity contribution in [2.24, 2.45) is 5.73 Å². The molecule has 0 aromatic heterocycles. The molecule has 0 fully saturated rings. The molecular weight excluding hydrogens is 188 g/mol. The fraction of sp³-hybridized carbons (Fsp3) is 0.417. The largest absolute Gasteiger partial charge is 0.324 e. The van der Waals surface area contributed by atoms with Gasteiger partial charge in [0.2, 0.25) is 5.91 Å². The van der Waals surface area contributed by atoms with Crippen molar-refractivity contribution in [2.75, 3.05) is 5.32 Å². The number of hydrogen-bond acceptors (Lipinski definition) is 2. The van der Waals surface area contributed by atoms with Gasteiger partial charge < -0.3 is 11.1 Å². The molecule has 1 aromatic rings. The second-order valence-electron chi connectivity index (χ2n) is 3.54. The molecule has 0 saturated heterocycles. The molecule has 0 aliphatic rings. The Labute approximate surface area is 91.7 Å². The lowest BCUT2D eigenvalue weighted by Gasteiger charge is -2.12. The third-order valence-corrected chi connectivity index (χ3v) is 2.14. The van der Waals surface area contributed by atoms with Gasteiger partial charge in [0.25, 0.3) is 0 Å². The van der Waals surface area contributed by atoms with Crippen LogP contribution in [0.25, 0.3) is 0 Å². The molecule has 3 nitrogen and oxygen atoms in total. The maximum atomic E-state index is 11.4. The monoisotopic (exact) mass is 208 g/mol. The molecule has 0 bridgehead atoms. The van der Waals surface area contributed by atoms with Crippen LogP contribution in [0.3, 0.4) is 0 Å². The molecule has 3 heteroatoms. The molecule has 3 N–H and O–H groups in total. The predicted octanol–water partition coefficient (Wildman–Crippen LogP) is 2.23. The Balaban J connectivity index is 0.00000196. The number of nitrogens with one attached hydrogen (secondary N) is 1. The SMILES string of the molecule is C.Cc1cccc(C)c1NC(=O)C(C)N. The van der Waals surface area contributed by atoms with Gasteiger partial charge in [-0.25, -0.2) is 0 Å². The Morgan fingerprint density at radius 1 is 1.33 bits per heavy atom. The van der Waals surface area contributed by atoms with E-state index in [4.69, 9.17) is 5.73 Å². The molecule has 0 aliphatic carbocycles. The zero-order valence-electron chi connectivity index (χ0n) is 8.79. The van der Waals surface area contributed by atoms with Crippen molar-refractivity contribution in [2.45, 2.75) is 34.2 Å². The molecule has 1 rings (SSSR count). The van der Waals surface area contributed by atoms with E-state index in [-0.39, 0.29) is 13.3 Å². The molecule has 1 amide bonds. The van der Waals surface area contributed by atoms with Crippen LogP contribution in [0.1, 0.15) is 25.5 Å². The molecule has 0 radical (unpaired) electrons. The van der Waals surface area contributed by atoms with Crippen LogP contribution >= 0.6 is 0 Å². The summed E-state index contributed by atoms with van der Waals surface area (Å²) in [4.78, 5) is 11.4. The van der Waals surface area contributed by atoms with Crippen molar-refractivity contribution in [3.8, 4) is 0 Å². The first-order chi connectivity index (χ1) is 6.52.